The first kappa shape index (κ1) is 16.3. The molecular formula is C15H24N2O3S. The zero-order chi connectivity index (χ0) is 15.8. The van der Waals surface area contributed by atoms with Crippen LogP contribution in [-0.4, -0.2) is 57.5 Å². The minimum atomic E-state index is -3.52. The zero-order valence-electron chi connectivity index (χ0n) is 13.4. The van der Waals surface area contributed by atoms with Crippen LogP contribution in [0.4, 0.5) is 0 Å². The molecule has 6 heteroatoms. The number of aryl methyl sites for hydroxylation is 2. The van der Waals surface area contributed by atoms with Gasteiger partial charge < -0.3 is 9.64 Å². The molecule has 1 aromatic carbocycles. The third kappa shape index (κ3) is 3.07. The SMILES string of the molecule is COc1cc(C)c(C)cc1S(=O)(=O)N1CCN(C)C(C)C1. The zero-order valence-corrected chi connectivity index (χ0v) is 14.2. The second-order valence-electron chi connectivity index (χ2n) is 5.78. The molecule has 0 saturated carbocycles. The number of methoxy groups -OCH3 is 1. The summed E-state index contributed by atoms with van der Waals surface area (Å²) in [6.45, 7) is 7.67. The first-order valence-electron chi connectivity index (χ1n) is 7.13. The van der Waals surface area contributed by atoms with Crippen LogP contribution in [0.2, 0.25) is 0 Å². The van der Waals surface area contributed by atoms with Gasteiger partial charge in [-0.25, -0.2) is 8.42 Å². The lowest BCUT2D eigenvalue weighted by molar-refractivity contribution is 0.159. The molecule has 0 bridgehead atoms. The molecule has 1 fully saturated rings. The van der Waals surface area contributed by atoms with Crippen LogP contribution in [0, 0.1) is 13.8 Å². The number of benzene rings is 1. The largest absolute Gasteiger partial charge is 0.495 e. The van der Waals surface area contributed by atoms with Crippen LogP contribution in [0.5, 0.6) is 5.75 Å². The van der Waals surface area contributed by atoms with E-state index < -0.39 is 10.0 Å². The second-order valence-corrected chi connectivity index (χ2v) is 7.69. The van der Waals surface area contributed by atoms with Gasteiger partial charge in [0.05, 0.1) is 7.11 Å². The van der Waals surface area contributed by atoms with E-state index in [1.165, 1.54) is 7.11 Å². The molecule has 1 aliphatic heterocycles. The maximum atomic E-state index is 12.9. The molecule has 1 atom stereocenters. The number of hydrogen-bond acceptors (Lipinski definition) is 4. The normalized spacial score (nSPS) is 21.5. The van der Waals surface area contributed by atoms with Crippen molar-refractivity contribution >= 4 is 10.0 Å². The first-order chi connectivity index (χ1) is 9.77. The highest BCUT2D eigenvalue weighted by atomic mass is 32.2. The van der Waals surface area contributed by atoms with E-state index in [-0.39, 0.29) is 10.9 Å². The van der Waals surface area contributed by atoms with Gasteiger partial charge in [-0.3, -0.25) is 0 Å². The van der Waals surface area contributed by atoms with E-state index in [2.05, 4.69) is 4.90 Å². The average Bonchev–Trinajstić information content (AvgIpc) is 2.44. The second kappa shape index (κ2) is 5.94. The van der Waals surface area contributed by atoms with Crippen LogP contribution in [-0.2, 0) is 10.0 Å². The maximum Gasteiger partial charge on any atom is 0.246 e. The Morgan fingerprint density at radius 1 is 1.19 bits per heavy atom. The van der Waals surface area contributed by atoms with Crippen molar-refractivity contribution in [2.24, 2.45) is 0 Å². The fraction of sp³-hybridized carbons (Fsp3) is 0.600. The lowest BCUT2D eigenvalue weighted by atomic mass is 10.1. The smallest absolute Gasteiger partial charge is 0.246 e. The summed E-state index contributed by atoms with van der Waals surface area (Å²) in [7, 11) is 0.0100. The molecule has 1 unspecified atom stereocenters. The molecular weight excluding hydrogens is 288 g/mol. The van der Waals surface area contributed by atoms with Crippen LogP contribution >= 0.6 is 0 Å². The summed E-state index contributed by atoms with van der Waals surface area (Å²) < 4.78 is 32.7. The molecule has 0 radical (unpaired) electrons. The van der Waals surface area contributed by atoms with Crippen molar-refractivity contribution in [2.45, 2.75) is 31.7 Å². The van der Waals surface area contributed by atoms with Crippen LogP contribution in [0.25, 0.3) is 0 Å². The van der Waals surface area contributed by atoms with E-state index in [4.69, 9.17) is 4.74 Å². The first-order valence-corrected chi connectivity index (χ1v) is 8.57. The van der Waals surface area contributed by atoms with Gasteiger partial charge in [0.15, 0.2) is 0 Å². The highest BCUT2D eigenvalue weighted by Crippen LogP contribution is 2.30. The van der Waals surface area contributed by atoms with E-state index in [0.717, 1.165) is 17.7 Å². The summed E-state index contributed by atoms with van der Waals surface area (Å²) >= 11 is 0. The molecule has 5 nitrogen and oxygen atoms in total. The molecule has 1 aliphatic rings. The van der Waals surface area contributed by atoms with Gasteiger partial charge >= 0.3 is 0 Å². The van der Waals surface area contributed by atoms with E-state index in [9.17, 15) is 8.42 Å². The minimum Gasteiger partial charge on any atom is -0.495 e. The molecule has 0 N–H and O–H groups in total. The Bertz CT molecular complexity index is 628. The fourth-order valence-corrected chi connectivity index (χ4v) is 4.23. The number of ether oxygens (including phenoxy) is 1. The van der Waals surface area contributed by atoms with E-state index in [0.29, 0.717) is 18.8 Å². The van der Waals surface area contributed by atoms with Crippen molar-refractivity contribution in [1.29, 1.82) is 0 Å². The number of nitrogens with zero attached hydrogens (tertiary/aromatic N) is 2. The quantitative estimate of drug-likeness (QED) is 0.851. The Kier molecular flexibility index (Phi) is 4.60. The molecule has 118 valence electrons. The average molecular weight is 312 g/mol. The van der Waals surface area contributed by atoms with Crippen molar-refractivity contribution in [1.82, 2.24) is 9.21 Å². The predicted molar refractivity (Wildman–Crippen MR) is 83.3 cm³/mol. The van der Waals surface area contributed by atoms with E-state index in [1.807, 2.05) is 27.8 Å². The van der Waals surface area contributed by atoms with Crippen molar-refractivity contribution < 1.29 is 13.2 Å². The summed E-state index contributed by atoms with van der Waals surface area (Å²) in [5.74, 6) is 0.421. The van der Waals surface area contributed by atoms with Crippen molar-refractivity contribution in [3.8, 4) is 5.75 Å². The van der Waals surface area contributed by atoms with Gasteiger partial charge in [-0.05, 0) is 51.1 Å². The highest BCUT2D eigenvalue weighted by Gasteiger charge is 2.33. The topological polar surface area (TPSA) is 49.9 Å². The lowest BCUT2D eigenvalue weighted by Crippen LogP contribution is -2.51. The summed E-state index contributed by atoms with van der Waals surface area (Å²) in [6, 6.07) is 3.72. The van der Waals surface area contributed by atoms with Crippen molar-refractivity contribution in [3.05, 3.63) is 23.3 Å². The third-order valence-electron chi connectivity index (χ3n) is 4.32. The summed E-state index contributed by atoms with van der Waals surface area (Å²) in [4.78, 5) is 2.44. The minimum absolute atomic E-state index is 0.214. The molecule has 1 heterocycles. The van der Waals surface area contributed by atoms with Crippen LogP contribution in [0.1, 0.15) is 18.1 Å². The number of likely N-dealkylation sites (N-methyl/N-ethyl adjacent to an activating group) is 1. The Morgan fingerprint density at radius 3 is 2.38 bits per heavy atom. The number of piperazine rings is 1. The van der Waals surface area contributed by atoms with Gasteiger partial charge in [-0.2, -0.15) is 4.31 Å². The summed E-state index contributed by atoms with van der Waals surface area (Å²) in [5, 5.41) is 0. The van der Waals surface area contributed by atoms with Crippen molar-refractivity contribution in [2.75, 3.05) is 33.8 Å². The van der Waals surface area contributed by atoms with Gasteiger partial charge in [0.1, 0.15) is 10.6 Å². The van der Waals surface area contributed by atoms with Crippen LogP contribution < -0.4 is 4.74 Å². The number of rotatable bonds is 3. The molecule has 1 aromatic rings. The lowest BCUT2D eigenvalue weighted by Gasteiger charge is -2.37. The molecule has 21 heavy (non-hydrogen) atoms. The molecule has 0 spiro atoms. The van der Waals surface area contributed by atoms with Gasteiger partial charge in [-0.15, -0.1) is 0 Å². The molecule has 1 saturated heterocycles. The van der Waals surface area contributed by atoms with E-state index >= 15 is 0 Å². The summed E-state index contributed by atoms with van der Waals surface area (Å²) in [5.41, 5.74) is 1.98. The molecule has 0 aliphatic carbocycles. The Morgan fingerprint density at radius 2 is 1.81 bits per heavy atom. The summed E-state index contributed by atoms with van der Waals surface area (Å²) in [6.07, 6.45) is 0. The molecule has 2 rings (SSSR count). The Hall–Kier alpha value is -1.11. The van der Waals surface area contributed by atoms with Crippen LogP contribution in [0.15, 0.2) is 17.0 Å². The monoisotopic (exact) mass is 312 g/mol. The predicted octanol–water partition coefficient (Wildman–Crippen LogP) is 1.64. The maximum absolute atomic E-state index is 12.9. The van der Waals surface area contributed by atoms with Crippen molar-refractivity contribution in [3.63, 3.8) is 0 Å². The van der Waals surface area contributed by atoms with Gasteiger partial charge in [0.25, 0.3) is 0 Å². The third-order valence-corrected chi connectivity index (χ3v) is 6.21. The number of sulfonamides is 1. The highest BCUT2D eigenvalue weighted by molar-refractivity contribution is 7.89. The molecule has 0 aromatic heterocycles. The Balaban J connectivity index is 2.42. The standard InChI is InChI=1S/C15H24N2O3S/c1-11-8-14(20-5)15(9-12(11)2)21(18,19)17-7-6-16(4)13(3)10-17/h8-9,13H,6-7,10H2,1-5H3. The van der Waals surface area contributed by atoms with Gasteiger partial charge in [0, 0.05) is 25.7 Å². The Labute approximate surface area is 127 Å². The van der Waals surface area contributed by atoms with Gasteiger partial charge in [0.2, 0.25) is 10.0 Å². The van der Waals surface area contributed by atoms with Crippen LogP contribution in [0.3, 0.4) is 0 Å². The molecule has 0 amide bonds. The number of hydrogen-bond donors (Lipinski definition) is 0. The van der Waals surface area contributed by atoms with E-state index in [1.54, 1.807) is 16.4 Å². The fourth-order valence-electron chi connectivity index (χ4n) is 2.50. The van der Waals surface area contributed by atoms with Gasteiger partial charge in [-0.1, -0.05) is 0 Å².